The first-order valence-electron chi connectivity index (χ1n) is 11.9. The van der Waals surface area contributed by atoms with Crippen molar-refractivity contribution in [3.05, 3.63) is 59.8 Å². The first-order chi connectivity index (χ1) is 16.9. The summed E-state index contributed by atoms with van der Waals surface area (Å²) >= 11 is 0. The molecule has 0 atom stereocenters. The Kier molecular flexibility index (Phi) is 7.01. The number of aryl methyl sites for hydroxylation is 1. The number of alkyl halides is 2. The summed E-state index contributed by atoms with van der Waals surface area (Å²) in [6.45, 7) is 8.20. The predicted molar refractivity (Wildman–Crippen MR) is 135 cm³/mol. The number of rotatable bonds is 5. The van der Waals surface area contributed by atoms with Gasteiger partial charge in [-0.2, -0.15) is 0 Å². The van der Waals surface area contributed by atoms with E-state index in [9.17, 15) is 22.0 Å². The van der Waals surface area contributed by atoms with Gasteiger partial charge in [-0.25, -0.2) is 26.0 Å². The highest BCUT2D eigenvalue weighted by Crippen LogP contribution is 2.37. The largest absolute Gasteiger partial charge is 0.444 e. The van der Waals surface area contributed by atoms with Gasteiger partial charge in [0, 0.05) is 42.0 Å². The molecule has 4 rings (SSSR count). The number of piperidine rings is 1. The molecule has 0 radical (unpaired) electrons. The van der Waals surface area contributed by atoms with Crippen LogP contribution in [0.1, 0.15) is 51.2 Å². The van der Waals surface area contributed by atoms with Crippen LogP contribution >= 0.6 is 0 Å². The molecule has 0 spiro atoms. The maximum absolute atomic E-state index is 14.1. The standard InChI is InChI=1S/C26H31F2N3O4S/c1-17-8-10-19(11-9-17)36(33,34)31-16-20(24(27)28)23-21(6-5-7-22(23)31)29-18-12-14-30(15-13-18)25(32)35-26(2,3)4/h5-11,16,18,24,29H,12-15H2,1-4H3. The Bertz CT molecular complexity index is 1350. The number of amides is 1. The molecule has 1 aromatic heterocycles. The van der Waals surface area contributed by atoms with Gasteiger partial charge in [0.15, 0.2) is 0 Å². The molecular weight excluding hydrogens is 488 g/mol. The highest BCUT2D eigenvalue weighted by molar-refractivity contribution is 7.90. The second-order valence-corrected chi connectivity index (χ2v) is 11.9. The van der Waals surface area contributed by atoms with Crippen molar-refractivity contribution in [2.24, 2.45) is 0 Å². The van der Waals surface area contributed by atoms with Gasteiger partial charge in [0.1, 0.15) is 5.60 Å². The van der Waals surface area contributed by atoms with Gasteiger partial charge in [-0.15, -0.1) is 0 Å². The van der Waals surface area contributed by atoms with E-state index < -0.39 is 22.0 Å². The number of benzene rings is 2. The van der Waals surface area contributed by atoms with E-state index in [0.717, 1.165) is 15.7 Å². The molecule has 194 valence electrons. The third-order valence-electron chi connectivity index (χ3n) is 6.14. The van der Waals surface area contributed by atoms with Crippen molar-refractivity contribution < 1.29 is 26.7 Å². The molecule has 0 bridgehead atoms. The predicted octanol–water partition coefficient (Wildman–Crippen LogP) is 5.94. The smallest absolute Gasteiger partial charge is 0.410 e. The van der Waals surface area contributed by atoms with Gasteiger partial charge in [0.2, 0.25) is 0 Å². The first kappa shape index (κ1) is 25.9. The molecule has 1 saturated heterocycles. The molecule has 2 heterocycles. The van der Waals surface area contributed by atoms with Gasteiger partial charge in [0.25, 0.3) is 16.4 Å². The van der Waals surface area contributed by atoms with Gasteiger partial charge < -0.3 is 15.0 Å². The van der Waals surface area contributed by atoms with Crippen molar-refractivity contribution in [1.29, 1.82) is 0 Å². The second-order valence-electron chi connectivity index (χ2n) is 10.1. The summed E-state index contributed by atoms with van der Waals surface area (Å²) in [6, 6.07) is 11.1. The number of hydrogen-bond acceptors (Lipinski definition) is 5. The molecule has 0 saturated carbocycles. The van der Waals surface area contributed by atoms with Crippen LogP contribution in [-0.4, -0.2) is 48.1 Å². The molecule has 0 aliphatic carbocycles. The normalized spacial score (nSPS) is 15.5. The van der Waals surface area contributed by atoms with Crippen LogP contribution in [0.3, 0.4) is 0 Å². The van der Waals surface area contributed by atoms with Crippen molar-refractivity contribution in [1.82, 2.24) is 8.87 Å². The second kappa shape index (κ2) is 9.72. The zero-order chi connectivity index (χ0) is 26.3. The lowest BCUT2D eigenvalue weighted by Crippen LogP contribution is -2.44. The molecule has 1 aliphatic heterocycles. The summed E-state index contributed by atoms with van der Waals surface area (Å²) in [5.74, 6) is 0. The van der Waals surface area contributed by atoms with E-state index >= 15 is 0 Å². The van der Waals surface area contributed by atoms with E-state index in [2.05, 4.69) is 5.32 Å². The summed E-state index contributed by atoms with van der Waals surface area (Å²) in [5, 5.41) is 3.50. The van der Waals surface area contributed by atoms with Crippen LogP contribution in [0.2, 0.25) is 0 Å². The van der Waals surface area contributed by atoms with E-state index in [1.54, 1.807) is 29.2 Å². The Morgan fingerprint density at radius 3 is 2.31 bits per heavy atom. The highest BCUT2D eigenvalue weighted by Gasteiger charge is 2.29. The topological polar surface area (TPSA) is 80.6 Å². The molecule has 2 aromatic carbocycles. The van der Waals surface area contributed by atoms with Gasteiger partial charge in [-0.05, 0) is 64.8 Å². The number of anilines is 1. The Morgan fingerprint density at radius 2 is 1.72 bits per heavy atom. The molecule has 3 aromatic rings. The fourth-order valence-electron chi connectivity index (χ4n) is 4.35. The van der Waals surface area contributed by atoms with Crippen molar-refractivity contribution in [3.63, 3.8) is 0 Å². The summed E-state index contributed by atoms with van der Waals surface area (Å²) in [4.78, 5) is 14.0. The Labute approximate surface area is 210 Å². The van der Waals surface area contributed by atoms with Crippen LogP contribution < -0.4 is 5.32 Å². The Balaban J connectivity index is 1.62. The van der Waals surface area contributed by atoms with Crippen LogP contribution in [0.5, 0.6) is 0 Å². The average molecular weight is 520 g/mol. The van der Waals surface area contributed by atoms with Crippen LogP contribution in [0.15, 0.2) is 53.6 Å². The minimum atomic E-state index is -4.08. The lowest BCUT2D eigenvalue weighted by molar-refractivity contribution is 0.0210. The summed E-state index contributed by atoms with van der Waals surface area (Å²) < 4.78 is 61.2. The van der Waals surface area contributed by atoms with E-state index in [0.29, 0.717) is 31.6 Å². The number of ether oxygens (including phenoxy) is 1. The van der Waals surface area contributed by atoms with E-state index in [-0.39, 0.29) is 33.5 Å². The number of nitrogens with one attached hydrogen (secondary N) is 1. The number of nitrogens with zero attached hydrogens (tertiary/aromatic N) is 2. The molecule has 1 N–H and O–H groups in total. The lowest BCUT2D eigenvalue weighted by Gasteiger charge is -2.34. The van der Waals surface area contributed by atoms with Gasteiger partial charge in [0.05, 0.1) is 10.4 Å². The van der Waals surface area contributed by atoms with Crippen molar-refractivity contribution in [2.45, 2.75) is 63.5 Å². The molecule has 1 fully saturated rings. The highest BCUT2D eigenvalue weighted by atomic mass is 32.2. The van der Waals surface area contributed by atoms with Crippen molar-refractivity contribution >= 4 is 32.7 Å². The minimum absolute atomic E-state index is 0.0266. The SMILES string of the molecule is Cc1ccc(S(=O)(=O)n2cc(C(F)F)c3c(NC4CCN(C(=O)OC(C)(C)C)CC4)cccc32)cc1. The summed E-state index contributed by atoms with van der Waals surface area (Å²) in [7, 11) is -4.08. The maximum Gasteiger partial charge on any atom is 0.410 e. The molecule has 1 amide bonds. The Morgan fingerprint density at radius 1 is 1.08 bits per heavy atom. The molecular formula is C26H31F2N3O4S. The molecule has 1 aliphatic rings. The number of likely N-dealkylation sites (tertiary alicyclic amines) is 1. The van der Waals surface area contributed by atoms with E-state index in [1.165, 1.54) is 18.2 Å². The number of carbonyl (C=O) groups is 1. The fraction of sp³-hybridized carbons (Fsp3) is 0.423. The summed E-state index contributed by atoms with van der Waals surface area (Å²) in [5.41, 5.74) is 0.580. The lowest BCUT2D eigenvalue weighted by atomic mass is 10.0. The first-order valence-corrected chi connectivity index (χ1v) is 13.3. The molecule has 36 heavy (non-hydrogen) atoms. The monoisotopic (exact) mass is 519 g/mol. The molecule has 10 heteroatoms. The zero-order valence-electron chi connectivity index (χ0n) is 20.8. The third kappa shape index (κ3) is 5.33. The number of fused-ring (bicyclic) bond motifs is 1. The van der Waals surface area contributed by atoms with Gasteiger partial charge in [-0.3, -0.25) is 0 Å². The minimum Gasteiger partial charge on any atom is -0.444 e. The number of carbonyl (C=O) groups excluding carboxylic acids is 1. The van der Waals surface area contributed by atoms with E-state index in [4.69, 9.17) is 4.74 Å². The van der Waals surface area contributed by atoms with Crippen molar-refractivity contribution in [3.8, 4) is 0 Å². The number of hydrogen-bond donors (Lipinski definition) is 1. The molecule has 7 nitrogen and oxygen atoms in total. The Hall–Kier alpha value is -3.14. The van der Waals surface area contributed by atoms with Crippen LogP contribution in [0.4, 0.5) is 19.3 Å². The quantitative estimate of drug-likeness (QED) is 0.452. The van der Waals surface area contributed by atoms with Crippen LogP contribution in [-0.2, 0) is 14.8 Å². The molecule has 0 unspecified atom stereocenters. The third-order valence-corrected chi connectivity index (χ3v) is 7.83. The zero-order valence-corrected chi connectivity index (χ0v) is 21.6. The maximum atomic E-state index is 14.1. The van der Waals surface area contributed by atoms with Crippen LogP contribution in [0, 0.1) is 6.92 Å². The van der Waals surface area contributed by atoms with Crippen LogP contribution in [0.25, 0.3) is 10.9 Å². The number of aromatic nitrogens is 1. The van der Waals surface area contributed by atoms with Gasteiger partial charge >= 0.3 is 6.09 Å². The summed E-state index contributed by atoms with van der Waals surface area (Å²) in [6.07, 6.45) is -1.02. The van der Waals surface area contributed by atoms with Gasteiger partial charge in [-0.1, -0.05) is 23.8 Å². The van der Waals surface area contributed by atoms with E-state index in [1.807, 2.05) is 27.7 Å². The van der Waals surface area contributed by atoms with Crippen molar-refractivity contribution in [2.75, 3.05) is 18.4 Å². The average Bonchev–Trinajstić information content (AvgIpc) is 3.21. The fourth-order valence-corrected chi connectivity index (χ4v) is 5.72. The number of halogens is 2.